The van der Waals surface area contributed by atoms with Crippen molar-refractivity contribution in [3.8, 4) is 0 Å². The van der Waals surface area contributed by atoms with Gasteiger partial charge in [-0.15, -0.1) is 11.3 Å². The van der Waals surface area contributed by atoms with Crippen LogP contribution in [0.1, 0.15) is 26.5 Å². The predicted octanol–water partition coefficient (Wildman–Crippen LogP) is 1.28. The van der Waals surface area contributed by atoms with Crippen LogP contribution in [0.15, 0.2) is 11.4 Å². The van der Waals surface area contributed by atoms with Gasteiger partial charge < -0.3 is 9.47 Å². The maximum atomic E-state index is 11.6. The van der Waals surface area contributed by atoms with Crippen molar-refractivity contribution in [1.82, 2.24) is 0 Å². The molecule has 0 bridgehead atoms. The Morgan fingerprint density at radius 2 is 1.94 bits per heavy atom. The molecule has 0 atom stereocenters. The highest BCUT2D eigenvalue weighted by Gasteiger charge is 2.21. The van der Waals surface area contributed by atoms with E-state index in [9.17, 15) is 14.4 Å². The van der Waals surface area contributed by atoms with Gasteiger partial charge >= 0.3 is 11.9 Å². The van der Waals surface area contributed by atoms with Crippen LogP contribution in [-0.2, 0) is 14.3 Å². The first-order valence-corrected chi connectivity index (χ1v) is 5.24. The Kier molecular flexibility index (Phi) is 4.19. The minimum atomic E-state index is -0.632. The molecule has 5 nitrogen and oxygen atoms in total. The van der Waals surface area contributed by atoms with Crippen LogP contribution in [0.4, 0.5) is 0 Å². The summed E-state index contributed by atoms with van der Waals surface area (Å²) in [4.78, 5) is 34.0. The van der Waals surface area contributed by atoms with Crippen LogP contribution in [0.3, 0.4) is 0 Å². The molecule has 0 saturated carbocycles. The van der Waals surface area contributed by atoms with E-state index >= 15 is 0 Å². The van der Waals surface area contributed by atoms with Gasteiger partial charge in [0.1, 0.15) is 11.3 Å². The molecule has 6 heteroatoms. The van der Waals surface area contributed by atoms with Crippen molar-refractivity contribution in [3.63, 3.8) is 0 Å². The molecule has 1 aromatic heterocycles. The number of rotatable bonds is 4. The number of hydrogen-bond acceptors (Lipinski definition) is 6. The molecule has 0 aliphatic carbocycles. The number of Topliss-reactive ketones (excluding diaryl/α,β-unsaturated/α-hetero) is 1. The zero-order chi connectivity index (χ0) is 12.1. The molecular weight excluding hydrogens is 232 g/mol. The van der Waals surface area contributed by atoms with E-state index in [-0.39, 0.29) is 16.9 Å². The smallest absolute Gasteiger partial charge is 0.348 e. The van der Waals surface area contributed by atoms with E-state index < -0.39 is 17.7 Å². The second-order valence-electron chi connectivity index (χ2n) is 2.83. The van der Waals surface area contributed by atoms with Crippen LogP contribution in [0.2, 0.25) is 0 Å². The van der Waals surface area contributed by atoms with Crippen LogP contribution in [0.5, 0.6) is 0 Å². The number of hydrogen-bond donors (Lipinski definition) is 0. The van der Waals surface area contributed by atoms with Crippen molar-refractivity contribution in [1.29, 1.82) is 0 Å². The van der Waals surface area contributed by atoms with Crippen molar-refractivity contribution in [3.05, 3.63) is 21.9 Å². The lowest BCUT2D eigenvalue weighted by molar-refractivity contribution is -0.139. The summed E-state index contributed by atoms with van der Waals surface area (Å²) in [5.74, 6) is -1.66. The summed E-state index contributed by atoms with van der Waals surface area (Å²) >= 11 is 1.10. The highest BCUT2D eigenvalue weighted by atomic mass is 32.1. The minimum Gasteiger partial charge on any atom is -0.469 e. The molecule has 0 spiro atoms. The number of methoxy groups -OCH3 is 2. The van der Waals surface area contributed by atoms with Crippen molar-refractivity contribution < 1.29 is 23.9 Å². The summed E-state index contributed by atoms with van der Waals surface area (Å²) in [6.07, 6.45) is -0.378. The van der Waals surface area contributed by atoms with Gasteiger partial charge in [0, 0.05) is 5.56 Å². The Hall–Kier alpha value is -1.69. The fourth-order valence-electron chi connectivity index (χ4n) is 1.08. The van der Waals surface area contributed by atoms with E-state index in [1.807, 2.05) is 0 Å². The molecule has 0 unspecified atom stereocenters. The van der Waals surface area contributed by atoms with Crippen LogP contribution in [-0.4, -0.2) is 31.9 Å². The fourth-order valence-corrected chi connectivity index (χ4v) is 1.91. The van der Waals surface area contributed by atoms with Crippen molar-refractivity contribution in [2.24, 2.45) is 0 Å². The SMILES string of the molecule is COC(=O)CC(=O)c1ccsc1C(=O)OC. The van der Waals surface area contributed by atoms with Crippen LogP contribution in [0, 0.1) is 0 Å². The minimum absolute atomic E-state index is 0.197. The Bertz CT molecular complexity index is 421. The molecule has 0 amide bonds. The van der Waals surface area contributed by atoms with Gasteiger partial charge in [0.05, 0.1) is 14.2 Å². The molecule has 86 valence electrons. The zero-order valence-corrected chi connectivity index (χ0v) is 9.63. The lowest BCUT2D eigenvalue weighted by Crippen LogP contribution is -2.12. The van der Waals surface area contributed by atoms with Crippen molar-refractivity contribution in [2.45, 2.75) is 6.42 Å². The second-order valence-corrected chi connectivity index (χ2v) is 3.75. The molecule has 1 rings (SSSR count). The molecule has 0 saturated heterocycles. The zero-order valence-electron chi connectivity index (χ0n) is 8.81. The van der Waals surface area contributed by atoms with Gasteiger partial charge in [-0.25, -0.2) is 4.79 Å². The summed E-state index contributed by atoms with van der Waals surface area (Å²) in [5, 5.41) is 1.59. The second kappa shape index (κ2) is 5.41. The third-order valence-corrected chi connectivity index (χ3v) is 2.76. The van der Waals surface area contributed by atoms with Gasteiger partial charge in [0.25, 0.3) is 0 Å². The number of carbonyl (C=O) groups excluding carboxylic acids is 3. The Labute approximate surface area is 96.0 Å². The summed E-state index contributed by atoms with van der Waals surface area (Å²) in [6.45, 7) is 0. The van der Waals surface area contributed by atoms with Gasteiger partial charge in [-0.3, -0.25) is 9.59 Å². The lowest BCUT2D eigenvalue weighted by Gasteiger charge is -2.00. The van der Waals surface area contributed by atoms with Gasteiger partial charge in [0.2, 0.25) is 0 Å². The van der Waals surface area contributed by atoms with Crippen molar-refractivity contribution in [2.75, 3.05) is 14.2 Å². The Balaban J connectivity index is 2.88. The quantitative estimate of drug-likeness (QED) is 0.452. The topological polar surface area (TPSA) is 69.7 Å². The highest BCUT2D eigenvalue weighted by molar-refractivity contribution is 7.12. The average Bonchev–Trinajstić information content (AvgIpc) is 2.76. The van der Waals surface area contributed by atoms with Crippen LogP contribution in [0.25, 0.3) is 0 Å². The van der Waals surface area contributed by atoms with Crippen molar-refractivity contribution >= 4 is 29.1 Å². The van der Waals surface area contributed by atoms with E-state index in [4.69, 9.17) is 0 Å². The first kappa shape index (κ1) is 12.4. The maximum Gasteiger partial charge on any atom is 0.348 e. The van der Waals surface area contributed by atoms with E-state index in [1.165, 1.54) is 20.3 Å². The molecule has 0 aliphatic heterocycles. The molecule has 0 fully saturated rings. The van der Waals surface area contributed by atoms with E-state index in [0.29, 0.717) is 0 Å². The standard InChI is InChI=1S/C10H10O5S/c1-14-8(12)5-7(11)6-3-4-16-9(6)10(13)15-2/h3-4H,5H2,1-2H3. The summed E-state index contributed by atoms with van der Waals surface area (Å²) in [7, 11) is 2.43. The largest absolute Gasteiger partial charge is 0.469 e. The van der Waals surface area contributed by atoms with Crippen LogP contribution < -0.4 is 0 Å². The van der Waals surface area contributed by atoms with Gasteiger partial charge in [0.15, 0.2) is 5.78 Å². The first-order chi connectivity index (χ1) is 7.60. The first-order valence-electron chi connectivity index (χ1n) is 4.36. The van der Waals surface area contributed by atoms with Gasteiger partial charge in [-0.05, 0) is 11.4 Å². The Morgan fingerprint density at radius 3 is 2.50 bits per heavy atom. The fraction of sp³-hybridized carbons (Fsp3) is 0.300. The molecule has 0 aromatic carbocycles. The number of esters is 2. The van der Waals surface area contributed by atoms with E-state index in [0.717, 1.165) is 11.3 Å². The molecule has 16 heavy (non-hydrogen) atoms. The summed E-state index contributed by atoms with van der Waals surface area (Å²) < 4.78 is 8.89. The molecule has 1 aromatic rings. The number of ketones is 1. The lowest BCUT2D eigenvalue weighted by atomic mass is 10.1. The number of carbonyl (C=O) groups is 3. The predicted molar refractivity (Wildman–Crippen MR) is 56.6 cm³/mol. The number of thiophene rings is 1. The number of ether oxygens (including phenoxy) is 2. The van der Waals surface area contributed by atoms with E-state index in [1.54, 1.807) is 5.38 Å². The normalized spacial score (nSPS) is 9.62. The van der Waals surface area contributed by atoms with Crippen LogP contribution >= 0.6 is 11.3 Å². The molecule has 0 radical (unpaired) electrons. The monoisotopic (exact) mass is 242 g/mol. The summed E-state index contributed by atoms with van der Waals surface area (Å²) in [6, 6.07) is 1.49. The molecular formula is C10H10O5S. The third kappa shape index (κ3) is 2.66. The third-order valence-electron chi connectivity index (χ3n) is 1.87. The maximum absolute atomic E-state index is 11.6. The van der Waals surface area contributed by atoms with E-state index in [2.05, 4.69) is 9.47 Å². The van der Waals surface area contributed by atoms with Gasteiger partial charge in [-0.2, -0.15) is 0 Å². The highest BCUT2D eigenvalue weighted by Crippen LogP contribution is 2.19. The molecule has 0 N–H and O–H groups in total. The van der Waals surface area contributed by atoms with Gasteiger partial charge in [-0.1, -0.05) is 0 Å². The average molecular weight is 242 g/mol. The summed E-state index contributed by atoms with van der Waals surface area (Å²) in [5.41, 5.74) is 0.197. The molecule has 0 aliphatic rings. The molecule has 1 heterocycles. The Morgan fingerprint density at radius 1 is 1.25 bits per heavy atom.